The Kier molecular flexibility index (Phi) is 5.94. The van der Waals surface area contributed by atoms with Crippen LogP contribution in [0.2, 0.25) is 0 Å². The summed E-state index contributed by atoms with van der Waals surface area (Å²) in [4.78, 5) is 42.8. The lowest BCUT2D eigenvalue weighted by Crippen LogP contribution is -2.10. The van der Waals surface area contributed by atoms with Crippen LogP contribution < -0.4 is 4.74 Å². The molecular weight excluding hydrogens is 294 g/mol. The second kappa shape index (κ2) is 7.67. The summed E-state index contributed by atoms with van der Waals surface area (Å²) in [5.74, 6) is -2.15. The van der Waals surface area contributed by atoms with Gasteiger partial charge >= 0.3 is 17.6 Å². The molecule has 22 heavy (non-hydrogen) atoms. The fourth-order valence-electron chi connectivity index (χ4n) is 1.56. The number of carboxylic acid groups (broad SMARTS) is 1. The van der Waals surface area contributed by atoms with Crippen molar-refractivity contribution in [2.75, 3.05) is 0 Å². The van der Waals surface area contributed by atoms with Gasteiger partial charge in [-0.05, 0) is 25.0 Å². The van der Waals surface area contributed by atoms with E-state index in [-0.39, 0.29) is 36.1 Å². The minimum absolute atomic E-state index is 0.0332. The highest BCUT2D eigenvalue weighted by Gasteiger charge is 2.19. The number of rotatable bonds is 8. The van der Waals surface area contributed by atoms with E-state index in [0.29, 0.717) is 6.29 Å². The number of carboxylic acids is 1. The summed E-state index contributed by atoms with van der Waals surface area (Å²) in [5.41, 5.74) is -0.439. The molecule has 1 aromatic carbocycles. The fraction of sp³-hybridized carbons (Fsp3) is 0.214. The molecule has 116 valence electrons. The van der Waals surface area contributed by atoms with E-state index in [1.54, 1.807) is 0 Å². The number of hydrogen-bond donors (Lipinski definition) is 1. The van der Waals surface area contributed by atoms with E-state index in [4.69, 9.17) is 9.84 Å². The number of aliphatic carboxylic acids is 1. The highest BCUT2D eigenvalue weighted by molar-refractivity contribution is 5.85. The van der Waals surface area contributed by atoms with Crippen LogP contribution in [0.25, 0.3) is 0 Å². The largest absolute Gasteiger partial charge is 0.478 e. The zero-order valence-corrected chi connectivity index (χ0v) is 11.5. The Hall–Kier alpha value is -3.03. The standard InChI is InChI=1S/C14H13NO7/c1-9(14(18)19)3-2-4-13(17)22-12-6-5-10(8-16)7-11(12)15(20)21/h5-8H,1-4H2,(H,18,19). The second-order valence-corrected chi connectivity index (χ2v) is 4.34. The maximum Gasteiger partial charge on any atom is 0.330 e. The summed E-state index contributed by atoms with van der Waals surface area (Å²) < 4.78 is 4.87. The van der Waals surface area contributed by atoms with E-state index < -0.39 is 22.5 Å². The minimum atomic E-state index is -1.14. The number of nitrogens with zero attached hydrogens (tertiary/aromatic N) is 1. The van der Waals surface area contributed by atoms with Gasteiger partial charge in [-0.25, -0.2) is 4.79 Å². The summed E-state index contributed by atoms with van der Waals surface area (Å²) in [6.45, 7) is 3.32. The number of nitro groups is 1. The van der Waals surface area contributed by atoms with E-state index in [0.717, 1.165) is 12.1 Å². The predicted octanol–water partition coefficient (Wildman–Crippen LogP) is 2.12. The van der Waals surface area contributed by atoms with Crippen molar-refractivity contribution in [3.63, 3.8) is 0 Å². The fourth-order valence-corrected chi connectivity index (χ4v) is 1.56. The zero-order chi connectivity index (χ0) is 16.7. The first-order valence-electron chi connectivity index (χ1n) is 6.20. The molecule has 1 rings (SSSR count). The van der Waals surface area contributed by atoms with Crippen molar-refractivity contribution >= 4 is 23.9 Å². The van der Waals surface area contributed by atoms with Gasteiger partial charge in [0.1, 0.15) is 6.29 Å². The van der Waals surface area contributed by atoms with E-state index in [9.17, 15) is 24.5 Å². The van der Waals surface area contributed by atoms with Crippen LogP contribution in [0.5, 0.6) is 5.75 Å². The van der Waals surface area contributed by atoms with Gasteiger partial charge in [-0.3, -0.25) is 19.7 Å². The van der Waals surface area contributed by atoms with Gasteiger partial charge in [-0.15, -0.1) is 0 Å². The van der Waals surface area contributed by atoms with Gasteiger partial charge < -0.3 is 9.84 Å². The van der Waals surface area contributed by atoms with Crippen LogP contribution in [0.15, 0.2) is 30.4 Å². The van der Waals surface area contributed by atoms with Crippen molar-refractivity contribution in [3.8, 4) is 5.75 Å². The summed E-state index contributed by atoms with van der Waals surface area (Å²) in [6.07, 6.45) is 0.635. The third-order valence-corrected chi connectivity index (χ3v) is 2.70. The van der Waals surface area contributed by atoms with Crippen LogP contribution in [0.4, 0.5) is 5.69 Å². The number of esters is 1. The average molecular weight is 307 g/mol. The Bertz CT molecular complexity index is 636. The Labute approximate surface area is 125 Å². The van der Waals surface area contributed by atoms with Gasteiger partial charge in [0.05, 0.1) is 4.92 Å². The Balaban J connectivity index is 2.68. The first-order chi connectivity index (χ1) is 10.3. The smallest absolute Gasteiger partial charge is 0.330 e. The SMILES string of the molecule is C=C(CCCC(=O)Oc1ccc(C=O)cc1[N+](=O)[O-])C(=O)O. The molecule has 0 saturated carbocycles. The maximum absolute atomic E-state index is 11.6. The molecule has 0 spiro atoms. The van der Waals surface area contributed by atoms with Gasteiger partial charge in [0.25, 0.3) is 0 Å². The third kappa shape index (κ3) is 4.82. The van der Waals surface area contributed by atoms with Crippen molar-refractivity contribution in [1.29, 1.82) is 0 Å². The zero-order valence-electron chi connectivity index (χ0n) is 11.5. The lowest BCUT2D eigenvalue weighted by molar-refractivity contribution is -0.385. The number of aldehydes is 1. The van der Waals surface area contributed by atoms with Gasteiger partial charge in [0.15, 0.2) is 0 Å². The van der Waals surface area contributed by atoms with Crippen LogP contribution >= 0.6 is 0 Å². The molecule has 0 unspecified atom stereocenters. The number of carbonyl (C=O) groups excluding carboxylic acids is 2. The molecule has 1 N–H and O–H groups in total. The van der Waals surface area contributed by atoms with Gasteiger partial charge in [-0.2, -0.15) is 0 Å². The lowest BCUT2D eigenvalue weighted by atomic mass is 10.1. The predicted molar refractivity (Wildman–Crippen MR) is 74.7 cm³/mol. The topological polar surface area (TPSA) is 124 Å². The molecule has 1 aromatic rings. The van der Waals surface area contributed by atoms with Crippen LogP contribution in [0.3, 0.4) is 0 Å². The third-order valence-electron chi connectivity index (χ3n) is 2.70. The van der Waals surface area contributed by atoms with E-state index in [1.165, 1.54) is 6.07 Å². The number of nitro benzene ring substituents is 1. The van der Waals surface area contributed by atoms with Crippen molar-refractivity contribution in [1.82, 2.24) is 0 Å². The normalized spacial score (nSPS) is 9.82. The van der Waals surface area contributed by atoms with Crippen molar-refractivity contribution in [2.24, 2.45) is 0 Å². The van der Waals surface area contributed by atoms with Gasteiger partial charge in [-0.1, -0.05) is 6.58 Å². The molecule has 0 amide bonds. The molecule has 0 heterocycles. The van der Waals surface area contributed by atoms with Crippen molar-refractivity contribution in [3.05, 3.63) is 46.0 Å². The summed E-state index contributed by atoms with van der Waals surface area (Å²) >= 11 is 0. The Morgan fingerprint density at radius 3 is 2.59 bits per heavy atom. The van der Waals surface area contributed by atoms with E-state index >= 15 is 0 Å². The van der Waals surface area contributed by atoms with Gasteiger partial charge in [0.2, 0.25) is 5.75 Å². The molecule has 0 radical (unpaired) electrons. The minimum Gasteiger partial charge on any atom is -0.478 e. The first-order valence-corrected chi connectivity index (χ1v) is 6.20. The molecule has 0 aliphatic rings. The first kappa shape index (κ1) is 17.0. The van der Waals surface area contributed by atoms with Crippen LogP contribution in [0, 0.1) is 10.1 Å². The highest BCUT2D eigenvalue weighted by Crippen LogP contribution is 2.28. The number of benzene rings is 1. The summed E-state index contributed by atoms with van der Waals surface area (Å²) in [7, 11) is 0. The van der Waals surface area contributed by atoms with E-state index in [2.05, 4.69) is 6.58 Å². The van der Waals surface area contributed by atoms with Gasteiger partial charge in [0, 0.05) is 23.6 Å². The highest BCUT2D eigenvalue weighted by atomic mass is 16.6. The molecule has 0 fully saturated rings. The maximum atomic E-state index is 11.6. The summed E-state index contributed by atoms with van der Waals surface area (Å²) in [6, 6.07) is 3.45. The molecule has 0 aromatic heterocycles. The van der Waals surface area contributed by atoms with Crippen LogP contribution in [-0.4, -0.2) is 28.3 Å². The molecule has 0 aliphatic carbocycles. The molecule has 0 bridgehead atoms. The quantitative estimate of drug-likeness (QED) is 0.195. The Morgan fingerprint density at radius 2 is 2.05 bits per heavy atom. The average Bonchev–Trinajstić information content (AvgIpc) is 2.47. The van der Waals surface area contributed by atoms with Crippen LogP contribution in [-0.2, 0) is 9.59 Å². The molecule has 0 aliphatic heterocycles. The molecule has 8 heteroatoms. The molecule has 8 nitrogen and oxygen atoms in total. The van der Waals surface area contributed by atoms with Crippen LogP contribution in [0.1, 0.15) is 29.6 Å². The summed E-state index contributed by atoms with van der Waals surface area (Å²) in [5, 5.41) is 19.5. The Morgan fingerprint density at radius 1 is 1.36 bits per heavy atom. The van der Waals surface area contributed by atoms with E-state index in [1.807, 2.05) is 0 Å². The molecular formula is C14H13NO7. The second-order valence-electron chi connectivity index (χ2n) is 4.34. The molecule has 0 atom stereocenters. The lowest BCUT2D eigenvalue weighted by Gasteiger charge is -2.05. The molecule has 0 saturated heterocycles. The van der Waals surface area contributed by atoms with Crippen molar-refractivity contribution in [2.45, 2.75) is 19.3 Å². The monoisotopic (exact) mass is 307 g/mol. The number of ether oxygens (including phenoxy) is 1. The number of carbonyl (C=O) groups is 3. The van der Waals surface area contributed by atoms with Crippen molar-refractivity contribution < 1.29 is 29.2 Å². The number of hydrogen-bond acceptors (Lipinski definition) is 6.